The number of nitrogens with zero attached hydrogens (tertiary/aromatic N) is 1. The number of para-hydroxylation sites is 1. The Bertz CT molecular complexity index is 571. The van der Waals surface area contributed by atoms with Crippen molar-refractivity contribution in [2.24, 2.45) is 5.92 Å². The first kappa shape index (κ1) is 13.7. The predicted molar refractivity (Wildman–Crippen MR) is 75.8 cm³/mol. The molecule has 0 aliphatic heterocycles. The highest BCUT2D eigenvalue weighted by molar-refractivity contribution is 5.91. The van der Waals surface area contributed by atoms with E-state index in [1.807, 2.05) is 19.1 Å². The van der Waals surface area contributed by atoms with Crippen LogP contribution in [0.2, 0.25) is 0 Å². The maximum absolute atomic E-state index is 13.7. The SMILES string of the molecule is Cc1cc(NCC(C)CCO)c2cccc(F)c2n1. The first-order valence-electron chi connectivity index (χ1n) is 6.52. The first-order chi connectivity index (χ1) is 9.11. The molecule has 1 aromatic heterocycles. The smallest absolute Gasteiger partial charge is 0.149 e. The van der Waals surface area contributed by atoms with Crippen molar-refractivity contribution in [3.05, 3.63) is 35.8 Å². The fourth-order valence-corrected chi connectivity index (χ4v) is 2.09. The fraction of sp³-hybridized carbons (Fsp3) is 0.400. The van der Waals surface area contributed by atoms with Gasteiger partial charge in [0.1, 0.15) is 11.3 Å². The zero-order valence-corrected chi connectivity index (χ0v) is 11.3. The minimum Gasteiger partial charge on any atom is -0.396 e. The molecule has 1 aromatic carbocycles. The summed E-state index contributed by atoms with van der Waals surface area (Å²) in [4.78, 5) is 4.24. The third kappa shape index (κ3) is 3.20. The Morgan fingerprint density at radius 3 is 2.95 bits per heavy atom. The number of aliphatic hydroxyl groups excluding tert-OH is 1. The lowest BCUT2D eigenvalue weighted by molar-refractivity contribution is 0.266. The van der Waals surface area contributed by atoms with Crippen LogP contribution in [0.25, 0.3) is 10.9 Å². The average molecular weight is 262 g/mol. The number of nitrogens with one attached hydrogen (secondary N) is 1. The van der Waals surface area contributed by atoms with Crippen molar-refractivity contribution >= 4 is 16.6 Å². The molecule has 0 aliphatic rings. The number of halogens is 1. The van der Waals surface area contributed by atoms with Crippen molar-refractivity contribution in [2.45, 2.75) is 20.3 Å². The summed E-state index contributed by atoms with van der Waals surface area (Å²) < 4.78 is 13.7. The molecule has 0 spiro atoms. The Hall–Kier alpha value is -1.68. The van der Waals surface area contributed by atoms with Gasteiger partial charge in [0, 0.05) is 29.9 Å². The number of hydrogen-bond donors (Lipinski definition) is 2. The van der Waals surface area contributed by atoms with Crippen LogP contribution in [0.5, 0.6) is 0 Å². The second kappa shape index (κ2) is 5.97. The van der Waals surface area contributed by atoms with Gasteiger partial charge in [0.05, 0.1) is 0 Å². The van der Waals surface area contributed by atoms with E-state index in [-0.39, 0.29) is 12.4 Å². The third-order valence-electron chi connectivity index (χ3n) is 3.18. The summed E-state index contributed by atoms with van der Waals surface area (Å²) in [5.41, 5.74) is 2.08. The van der Waals surface area contributed by atoms with Crippen LogP contribution < -0.4 is 5.32 Å². The third-order valence-corrected chi connectivity index (χ3v) is 3.18. The van der Waals surface area contributed by atoms with E-state index in [0.29, 0.717) is 11.4 Å². The largest absolute Gasteiger partial charge is 0.396 e. The average Bonchev–Trinajstić information content (AvgIpc) is 2.37. The monoisotopic (exact) mass is 262 g/mol. The first-order valence-corrected chi connectivity index (χ1v) is 6.52. The lowest BCUT2D eigenvalue weighted by atomic mass is 10.1. The Kier molecular flexibility index (Phi) is 4.32. The van der Waals surface area contributed by atoms with Crippen molar-refractivity contribution < 1.29 is 9.50 Å². The van der Waals surface area contributed by atoms with E-state index in [4.69, 9.17) is 5.11 Å². The van der Waals surface area contributed by atoms with Gasteiger partial charge in [-0.3, -0.25) is 0 Å². The maximum Gasteiger partial charge on any atom is 0.149 e. The molecular weight excluding hydrogens is 243 g/mol. The van der Waals surface area contributed by atoms with E-state index < -0.39 is 0 Å². The van der Waals surface area contributed by atoms with Crippen molar-refractivity contribution in [3.63, 3.8) is 0 Å². The molecular formula is C15H19FN2O. The molecule has 19 heavy (non-hydrogen) atoms. The molecule has 0 saturated carbocycles. The van der Waals surface area contributed by atoms with Crippen molar-refractivity contribution in [2.75, 3.05) is 18.5 Å². The number of fused-ring (bicyclic) bond motifs is 1. The number of rotatable bonds is 5. The Labute approximate surface area is 112 Å². The normalized spacial score (nSPS) is 12.6. The highest BCUT2D eigenvalue weighted by atomic mass is 19.1. The fourth-order valence-electron chi connectivity index (χ4n) is 2.09. The van der Waals surface area contributed by atoms with E-state index in [0.717, 1.165) is 29.7 Å². The van der Waals surface area contributed by atoms with Crippen LogP contribution in [-0.4, -0.2) is 23.2 Å². The summed E-state index contributed by atoms with van der Waals surface area (Å²) in [7, 11) is 0. The summed E-state index contributed by atoms with van der Waals surface area (Å²) in [5, 5.41) is 13.0. The molecule has 4 heteroatoms. The second-order valence-corrected chi connectivity index (χ2v) is 4.95. The van der Waals surface area contributed by atoms with Gasteiger partial charge in [-0.15, -0.1) is 0 Å². The van der Waals surface area contributed by atoms with Gasteiger partial charge in [0.2, 0.25) is 0 Å². The van der Waals surface area contributed by atoms with Crippen LogP contribution >= 0.6 is 0 Å². The highest BCUT2D eigenvalue weighted by Crippen LogP contribution is 2.25. The van der Waals surface area contributed by atoms with Crippen LogP contribution in [0.15, 0.2) is 24.3 Å². The van der Waals surface area contributed by atoms with E-state index in [1.54, 1.807) is 6.07 Å². The molecule has 102 valence electrons. The molecule has 0 bridgehead atoms. The molecule has 2 N–H and O–H groups in total. The van der Waals surface area contributed by atoms with Crippen LogP contribution in [0, 0.1) is 18.7 Å². The lowest BCUT2D eigenvalue weighted by Gasteiger charge is -2.14. The van der Waals surface area contributed by atoms with Gasteiger partial charge in [0.25, 0.3) is 0 Å². The minimum absolute atomic E-state index is 0.188. The van der Waals surface area contributed by atoms with Crippen molar-refractivity contribution in [3.8, 4) is 0 Å². The number of pyridine rings is 1. The quantitative estimate of drug-likeness (QED) is 0.870. The Morgan fingerprint density at radius 2 is 2.21 bits per heavy atom. The van der Waals surface area contributed by atoms with E-state index in [1.165, 1.54) is 6.07 Å². The van der Waals surface area contributed by atoms with Crippen molar-refractivity contribution in [1.82, 2.24) is 4.98 Å². The molecule has 2 aromatic rings. The summed E-state index contributed by atoms with van der Waals surface area (Å²) in [6.07, 6.45) is 0.753. The van der Waals surface area contributed by atoms with Gasteiger partial charge in [0.15, 0.2) is 0 Å². The van der Waals surface area contributed by atoms with Crippen LogP contribution in [0.3, 0.4) is 0 Å². The van der Waals surface area contributed by atoms with Crippen molar-refractivity contribution in [1.29, 1.82) is 0 Å². The van der Waals surface area contributed by atoms with Gasteiger partial charge in [-0.2, -0.15) is 0 Å². The van der Waals surface area contributed by atoms with Gasteiger partial charge >= 0.3 is 0 Å². The number of benzene rings is 1. The summed E-state index contributed by atoms with van der Waals surface area (Å²) in [5.74, 6) is 0.0646. The molecule has 0 amide bonds. The van der Waals surface area contributed by atoms with Gasteiger partial charge in [-0.25, -0.2) is 9.37 Å². The van der Waals surface area contributed by atoms with E-state index in [9.17, 15) is 4.39 Å². The Morgan fingerprint density at radius 1 is 1.42 bits per heavy atom. The minimum atomic E-state index is -0.298. The molecule has 2 rings (SSSR count). The van der Waals surface area contributed by atoms with E-state index >= 15 is 0 Å². The van der Waals surface area contributed by atoms with E-state index in [2.05, 4.69) is 17.2 Å². The van der Waals surface area contributed by atoms with Gasteiger partial charge in [-0.05, 0) is 31.4 Å². The van der Waals surface area contributed by atoms with Crippen LogP contribution in [-0.2, 0) is 0 Å². The highest BCUT2D eigenvalue weighted by Gasteiger charge is 2.08. The summed E-state index contributed by atoms with van der Waals surface area (Å²) in [6, 6.07) is 6.90. The van der Waals surface area contributed by atoms with Gasteiger partial charge in [-0.1, -0.05) is 19.1 Å². The van der Waals surface area contributed by atoms with Crippen LogP contribution in [0.4, 0.5) is 10.1 Å². The number of hydrogen-bond acceptors (Lipinski definition) is 3. The van der Waals surface area contributed by atoms with Crippen LogP contribution in [0.1, 0.15) is 19.0 Å². The summed E-state index contributed by atoms with van der Waals surface area (Å²) >= 11 is 0. The Balaban J connectivity index is 2.29. The molecule has 1 unspecified atom stereocenters. The molecule has 3 nitrogen and oxygen atoms in total. The zero-order chi connectivity index (χ0) is 13.8. The molecule has 0 fully saturated rings. The molecule has 1 atom stereocenters. The number of aromatic nitrogens is 1. The maximum atomic E-state index is 13.7. The van der Waals surface area contributed by atoms with Gasteiger partial charge < -0.3 is 10.4 Å². The molecule has 0 radical (unpaired) electrons. The second-order valence-electron chi connectivity index (χ2n) is 4.95. The lowest BCUT2D eigenvalue weighted by Crippen LogP contribution is -2.13. The topological polar surface area (TPSA) is 45.1 Å². The standard InChI is InChI=1S/C15H19FN2O/c1-10(6-7-19)9-17-14-8-11(2)18-15-12(14)4-3-5-13(15)16/h3-5,8,10,19H,6-7,9H2,1-2H3,(H,17,18). The number of aryl methyl sites for hydroxylation is 1. The summed E-state index contributed by atoms with van der Waals surface area (Å²) in [6.45, 7) is 4.86. The predicted octanol–water partition coefficient (Wildman–Crippen LogP) is 3.11. The molecule has 0 saturated heterocycles. The molecule has 1 heterocycles. The molecule has 0 aliphatic carbocycles. The number of anilines is 1. The zero-order valence-electron chi connectivity index (χ0n) is 11.3. The number of aliphatic hydroxyl groups is 1.